The molecule has 1 aliphatic heterocycles. The molecule has 1 atom stereocenters. The Bertz CT molecular complexity index is 1320. The smallest absolute Gasteiger partial charge is 0.326 e. The maximum Gasteiger partial charge on any atom is 0.326 e. The van der Waals surface area contributed by atoms with Gasteiger partial charge in [0.15, 0.2) is 0 Å². The highest BCUT2D eigenvalue weighted by Gasteiger charge is 2.48. The van der Waals surface area contributed by atoms with Gasteiger partial charge in [-0.1, -0.05) is 0 Å². The molecule has 11 heteroatoms. The monoisotopic (exact) mass is 485 g/mol. The fourth-order valence-corrected chi connectivity index (χ4v) is 4.17. The zero-order chi connectivity index (χ0) is 24.9. The van der Waals surface area contributed by atoms with Crippen LogP contribution in [0.4, 0.5) is 8.78 Å². The lowest BCUT2D eigenvalue weighted by Crippen LogP contribution is -2.33. The fourth-order valence-electron chi connectivity index (χ4n) is 4.17. The first kappa shape index (κ1) is 23.0. The summed E-state index contributed by atoms with van der Waals surface area (Å²) in [4.78, 5) is 28.1. The zero-order valence-electron chi connectivity index (χ0n) is 19.3. The molecule has 9 nitrogen and oxygen atoms in total. The number of ether oxygens (including phenoxy) is 2. The van der Waals surface area contributed by atoms with Gasteiger partial charge in [0, 0.05) is 35.3 Å². The van der Waals surface area contributed by atoms with Crippen molar-refractivity contribution in [2.24, 2.45) is 5.73 Å². The molecule has 1 saturated heterocycles. The number of primary amides is 1. The van der Waals surface area contributed by atoms with Gasteiger partial charge in [0.25, 0.3) is 11.8 Å². The number of nitrogens with two attached hydrogens (primary N) is 1. The number of fused-ring (bicyclic) bond motifs is 1. The number of nitrogens with zero attached hydrogens (tertiary/aromatic N) is 3. The lowest BCUT2D eigenvalue weighted by atomic mass is 9.99. The van der Waals surface area contributed by atoms with Gasteiger partial charge in [0.2, 0.25) is 5.88 Å². The molecule has 3 N–H and O–H groups in total. The third-order valence-corrected chi connectivity index (χ3v) is 6.00. The third kappa shape index (κ3) is 4.50. The minimum atomic E-state index is -3.43. The van der Waals surface area contributed by atoms with Crippen LogP contribution in [0.2, 0.25) is 0 Å². The number of hydrogen-bond acceptors (Lipinski definition) is 6. The van der Waals surface area contributed by atoms with Crippen molar-refractivity contribution < 1.29 is 27.8 Å². The van der Waals surface area contributed by atoms with Crippen molar-refractivity contribution in [1.29, 1.82) is 0 Å². The topological polar surface area (TPSA) is 121 Å². The van der Waals surface area contributed by atoms with E-state index in [4.69, 9.17) is 15.2 Å². The maximum atomic E-state index is 13.6. The van der Waals surface area contributed by atoms with E-state index in [1.54, 1.807) is 24.5 Å². The van der Waals surface area contributed by atoms with Gasteiger partial charge in [-0.3, -0.25) is 14.3 Å². The number of carbonyl (C=O) groups excluding carboxylic acids is 2. The number of hydrogen-bond donors (Lipinski definition) is 2. The summed E-state index contributed by atoms with van der Waals surface area (Å²) >= 11 is 0. The Labute approximate surface area is 199 Å². The minimum Gasteiger partial charge on any atom is -0.490 e. The predicted octanol–water partition coefficient (Wildman–Crippen LogP) is 3.22. The molecule has 0 bridgehead atoms. The van der Waals surface area contributed by atoms with Gasteiger partial charge in [0.1, 0.15) is 12.4 Å². The van der Waals surface area contributed by atoms with Crippen molar-refractivity contribution in [2.45, 2.75) is 57.2 Å². The van der Waals surface area contributed by atoms with Gasteiger partial charge in [-0.25, -0.2) is 4.98 Å². The summed E-state index contributed by atoms with van der Waals surface area (Å²) in [5.74, 6) is -4.97. The van der Waals surface area contributed by atoms with Crippen molar-refractivity contribution in [3.63, 3.8) is 0 Å². The molecule has 2 amide bonds. The van der Waals surface area contributed by atoms with Crippen LogP contribution in [0, 0.1) is 0 Å². The SMILES string of the molecule is CC(C)Oc1cc2c(OC[C@@H]3CC(F)(F)C(=O)N3)ncc(-c3cnn(C4CC4)c3)c2cc1C(N)=O. The Hall–Kier alpha value is -3.76. The first-order valence-corrected chi connectivity index (χ1v) is 11.4. The van der Waals surface area contributed by atoms with Crippen molar-refractivity contribution in [1.82, 2.24) is 20.1 Å². The van der Waals surface area contributed by atoms with Crippen molar-refractivity contribution in [3.05, 3.63) is 36.3 Å². The zero-order valence-corrected chi connectivity index (χ0v) is 19.3. The van der Waals surface area contributed by atoms with E-state index in [1.807, 2.05) is 24.7 Å². The highest BCUT2D eigenvalue weighted by atomic mass is 19.3. The first-order chi connectivity index (χ1) is 16.6. The lowest BCUT2D eigenvalue weighted by molar-refractivity contribution is -0.139. The van der Waals surface area contributed by atoms with Gasteiger partial charge in [0.05, 0.1) is 29.9 Å². The molecule has 184 valence electrons. The second-order valence-corrected chi connectivity index (χ2v) is 9.23. The molecular weight excluding hydrogens is 460 g/mol. The quantitative estimate of drug-likeness (QED) is 0.505. The van der Waals surface area contributed by atoms with Crippen LogP contribution in [-0.2, 0) is 4.79 Å². The van der Waals surface area contributed by atoms with Crippen LogP contribution in [-0.4, -0.2) is 51.3 Å². The van der Waals surface area contributed by atoms with Gasteiger partial charge in [-0.15, -0.1) is 0 Å². The van der Waals surface area contributed by atoms with Crippen LogP contribution in [0.1, 0.15) is 49.5 Å². The van der Waals surface area contributed by atoms with Crippen LogP contribution >= 0.6 is 0 Å². The van der Waals surface area contributed by atoms with Crippen molar-refractivity contribution in [2.75, 3.05) is 6.61 Å². The number of rotatable bonds is 8. The molecule has 35 heavy (non-hydrogen) atoms. The van der Waals surface area contributed by atoms with E-state index in [0.717, 1.165) is 18.4 Å². The number of carbonyl (C=O) groups is 2. The Kier molecular flexibility index (Phi) is 5.57. The van der Waals surface area contributed by atoms with E-state index in [2.05, 4.69) is 15.4 Å². The van der Waals surface area contributed by atoms with E-state index in [1.165, 1.54) is 0 Å². The fraction of sp³-hybridized carbons (Fsp3) is 0.417. The average Bonchev–Trinajstić information content (AvgIpc) is 3.46. The van der Waals surface area contributed by atoms with Gasteiger partial charge < -0.3 is 20.5 Å². The molecule has 1 saturated carbocycles. The van der Waals surface area contributed by atoms with E-state index in [9.17, 15) is 18.4 Å². The molecule has 2 aromatic heterocycles. The molecule has 2 fully saturated rings. The first-order valence-electron chi connectivity index (χ1n) is 11.4. The van der Waals surface area contributed by atoms with E-state index < -0.39 is 30.2 Å². The van der Waals surface area contributed by atoms with Gasteiger partial charge in [-0.05, 0) is 44.2 Å². The molecule has 0 unspecified atom stereocenters. The third-order valence-electron chi connectivity index (χ3n) is 6.00. The summed E-state index contributed by atoms with van der Waals surface area (Å²) in [5.41, 5.74) is 7.35. The number of halogens is 2. The van der Waals surface area contributed by atoms with Crippen LogP contribution < -0.4 is 20.5 Å². The normalized spacial score (nSPS) is 19.2. The number of nitrogens with one attached hydrogen (secondary N) is 1. The van der Waals surface area contributed by atoms with Crippen molar-refractivity contribution in [3.8, 4) is 22.8 Å². The Balaban J connectivity index is 1.57. The van der Waals surface area contributed by atoms with Gasteiger partial charge >= 0.3 is 5.92 Å². The minimum absolute atomic E-state index is 0.160. The van der Waals surface area contributed by atoms with Crippen LogP contribution in [0.3, 0.4) is 0 Å². The van der Waals surface area contributed by atoms with Crippen LogP contribution in [0.15, 0.2) is 30.7 Å². The number of amides is 2. The Morgan fingerprint density at radius 2 is 2.06 bits per heavy atom. The van der Waals surface area contributed by atoms with Crippen molar-refractivity contribution >= 4 is 22.6 Å². The molecule has 0 radical (unpaired) electrons. The molecule has 3 aromatic rings. The lowest BCUT2D eigenvalue weighted by Gasteiger charge is -2.17. The summed E-state index contributed by atoms with van der Waals surface area (Å²) in [5, 5.41) is 7.81. The molecule has 2 aliphatic rings. The van der Waals surface area contributed by atoms with E-state index in [-0.39, 0.29) is 29.9 Å². The average molecular weight is 485 g/mol. The van der Waals surface area contributed by atoms with E-state index in [0.29, 0.717) is 22.4 Å². The summed E-state index contributed by atoms with van der Waals surface area (Å²) in [6, 6.07) is 2.77. The number of aromatic nitrogens is 3. The molecule has 0 spiro atoms. The Morgan fingerprint density at radius 1 is 1.29 bits per heavy atom. The van der Waals surface area contributed by atoms with Crippen LogP contribution in [0.5, 0.6) is 11.6 Å². The number of pyridine rings is 1. The maximum absolute atomic E-state index is 13.6. The second kappa shape index (κ2) is 8.47. The number of alkyl halides is 2. The molecule has 1 aliphatic carbocycles. The summed E-state index contributed by atoms with van der Waals surface area (Å²) < 4.78 is 40.7. The largest absolute Gasteiger partial charge is 0.490 e. The molecule has 3 heterocycles. The van der Waals surface area contributed by atoms with Crippen LogP contribution in [0.25, 0.3) is 21.9 Å². The number of benzene rings is 1. The van der Waals surface area contributed by atoms with E-state index >= 15 is 0 Å². The highest BCUT2D eigenvalue weighted by molar-refractivity contribution is 6.06. The van der Waals surface area contributed by atoms with Gasteiger partial charge in [-0.2, -0.15) is 13.9 Å². The Morgan fingerprint density at radius 3 is 2.69 bits per heavy atom. The molecule has 1 aromatic carbocycles. The summed E-state index contributed by atoms with van der Waals surface area (Å²) in [7, 11) is 0. The second-order valence-electron chi connectivity index (χ2n) is 9.23. The molecular formula is C24H25F2N5O4. The predicted molar refractivity (Wildman–Crippen MR) is 123 cm³/mol. The highest BCUT2D eigenvalue weighted by Crippen LogP contribution is 2.39. The summed E-state index contributed by atoms with van der Waals surface area (Å²) in [6.45, 7) is 3.44. The summed E-state index contributed by atoms with van der Waals surface area (Å²) in [6.07, 6.45) is 6.49. The standard InChI is InChI=1S/C24H25F2N5O4/c1-12(2)35-20-6-17-16(5-18(20)21(27)32)19(13-8-29-31(10-13)15-3-4-15)9-28-22(17)34-11-14-7-24(25,26)23(33)30-14/h5-6,8-10,12,14-15H,3-4,7,11H2,1-2H3,(H2,27,32)(H,30,33)/t14-/m0/s1. The molecule has 5 rings (SSSR count).